The number of fused-ring (bicyclic) bond motifs is 1. The molecule has 164 valence electrons. The van der Waals surface area contributed by atoms with Crippen molar-refractivity contribution in [3.8, 4) is 16.9 Å². The van der Waals surface area contributed by atoms with Gasteiger partial charge < -0.3 is 20.1 Å². The van der Waals surface area contributed by atoms with Crippen LogP contribution in [0.5, 0.6) is 5.75 Å². The van der Waals surface area contributed by atoms with E-state index < -0.39 is 38.7 Å². The number of aliphatic hydroxyl groups excluding tert-OH is 1. The van der Waals surface area contributed by atoms with Crippen LogP contribution in [0.4, 0.5) is 0 Å². The van der Waals surface area contributed by atoms with Gasteiger partial charge in [0.15, 0.2) is 14.6 Å². The van der Waals surface area contributed by atoms with Crippen molar-refractivity contribution in [2.75, 3.05) is 13.4 Å². The molecule has 2 atom stereocenters. The summed E-state index contributed by atoms with van der Waals surface area (Å²) < 4.78 is 28.3. The van der Waals surface area contributed by atoms with Gasteiger partial charge in [-0.3, -0.25) is 9.59 Å². The lowest BCUT2D eigenvalue weighted by Gasteiger charge is -2.29. The van der Waals surface area contributed by atoms with Crippen molar-refractivity contribution in [2.45, 2.75) is 24.3 Å². The summed E-state index contributed by atoms with van der Waals surface area (Å²) >= 11 is 0. The van der Waals surface area contributed by atoms with Gasteiger partial charge in [0, 0.05) is 17.8 Å². The molecule has 0 fully saturated rings. The van der Waals surface area contributed by atoms with E-state index >= 15 is 0 Å². The molecular formula is C22H24N2O6S. The Morgan fingerprint density at radius 2 is 1.77 bits per heavy atom. The van der Waals surface area contributed by atoms with Crippen molar-refractivity contribution in [1.82, 2.24) is 4.57 Å². The van der Waals surface area contributed by atoms with Crippen molar-refractivity contribution in [1.29, 1.82) is 0 Å². The van der Waals surface area contributed by atoms with Gasteiger partial charge in [-0.05, 0) is 53.8 Å². The van der Waals surface area contributed by atoms with E-state index in [-0.39, 0.29) is 0 Å². The summed E-state index contributed by atoms with van der Waals surface area (Å²) in [5, 5.41) is 11.6. The second-order valence-electron chi connectivity index (χ2n) is 7.56. The Morgan fingerprint density at radius 1 is 1.16 bits per heavy atom. The third kappa shape index (κ3) is 4.06. The molecule has 0 saturated carbocycles. The monoisotopic (exact) mass is 444 g/mol. The zero-order chi connectivity index (χ0) is 23.0. The molecule has 2 aromatic carbocycles. The third-order valence-corrected chi connectivity index (χ3v) is 7.68. The van der Waals surface area contributed by atoms with Crippen molar-refractivity contribution >= 4 is 26.5 Å². The van der Waals surface area contributed by atoms with Crippen LogP contribution in [0.15, 0.2) is 59.5 Å². The zero-order valence-electron chi connectivity index (χ0n) is 17.4. The lowest BCUT2D eigenvalue weighted by Crippen LogP contribution is -2.57. The van der Waals surface area contributed by atoms with E-state index in [0.717, 1.165) is 30.1 Å². The molecule has 0 aliphatic carbocycles. The second-order valence-corrected chi connectivity index (χ2v) is 9.96. The minimum absolute atomic E-state index is 0.395. The van der Waals surface area contributed by atoms with Gasteiger partial charge in [0.1, 0.15) is 11.9 Å². The predicted molar refractivity (Wildman–Crippen MR) is 119 cm³/mol. The van der Waals surface area contributed by atoms with Crippen molar-refractivity contribution in [3.63, 3.8) is 0 Å². The molecule has 2 unspecified atom stereocenters. The van der Waals surface area contributed by atoms with Crippen LogP contribution in [-0.2, 0) is 21.2 Å². The molecule has 31 heavy (non-hydrogen) atoms. The van der Waals surface area contributed by atoms with Crippen LogP contribution in [0.25, 0.3) is 21.9 Å². The fraction of sp³-hybridized carbons (Fsp3) is 0.273. The van der Waals surface area contributed by atoms with Crippen LogP contribution in [0.3, 0.4) is 0 Å². The number of carbonyl (C=O) groups is 1. The van der Waals surface area contributed by atoms with Gasteiger partial charge in [0.2, 0.25) is 5.91 Å². The molecule has 1 amide bonds. The Kier molecular flexibility index (Phi) is 5.93. The number of aromatic nitrogens is 1. The Hall–Kier alpha value is -3.17. The highest BCUT2D eigenvalue weighted by molar-refractivity contribution is 7.92. The molecule has 3 rings (SSSR count). The number of nitrogens with zero attached hydrogens (tertiary/aromatic N) is 1. The number of primary amides is 1. The number of hydrogen-bond acceptors (Lipinski definition) is 6. The molecule has 3 N–H and O–H groups in total. The molecule has 8 nitrogen and oxygen atoms in total. The molecule has 0 saturated heterocycles. The standard InChI is InChI=1S/C22H24N2O6S/c1-22(21(23)27,31(3,28)29)19(25)13-24-11-10-16-12-15(6-9-18(16)20(24)26)14-4-7-17(30-2)8-5-14/h4-12,19,25H,13H2,1-3H3,(H2,23,27). The summed E-state index contributed by atoms with van der Waals surface area (Å²) in [4.78, 5) is 24.7. The van der Waals surface area contributed by atoms with Gasteiger partial charge in [-0.1, -0.05) is 18.2 Å². The van der Waals surface area contributed by atoms with Gasteiger partial charge in [-0.15, -0.1) is 0 Å². The number of nitrogens with two attached hydrogens (primary N) is 1. The maximum absolute atomic E-state index is 12.9. The first-order valence-corrected chi connectivity index (χ1v) is 11.3. The lowest BCUT2D eigenvalue weighted by molar-refractivity contribution is -0.123. The number of hydrogen-bond donors (Lipinski definition) is 2. The lowest BCUT2D eigenvalue weighted by atomic mass is 10.0. The van der Waals surface area contributed by atoms with Crippen LogP contribution in [0.2, 0.25) is 0 Å². The summed E-state index contributed by atoms with van der Waals surface area (Å²) in [5.74, 6) is -0.441. The number of ether oxygens (including phenoxy) is 1. The van der Waals surface area contributed by atoms with E-state index in [1.165, 1.54) is 10.8 Å². The summed E-state index contributed by atoms with van der Waals surface area (Å²) in [5.41, 5.74) is 6.70. The highest BCUT2D eigenvalue weighted by Gasteiger charge is 2.48. The summed E-state index contributed by atoms with van der Waals surface area (Å²) in [6, 6.07) is 14.5. The minimum Gasteiger partial charge on any atom is -0.497 e. The average Bonchev–Trinajstić information content (AvgIpc) is 2.73. The highest BCUT2D eigenvalue weighted by atomic mass is 32.2. The molecule has 0 radical (unpaired) electrons. The van der Waals surface area contributed by atoms with Crippen LogP contribution in [0.1, 0.15) is 6.92 Å². The van der Waals surface area contributed by atoms with Gasteiger partial charge in [-0.2, -0.15) is 0 Å². The molecule has 9 heteroatoms. The van der Waals surface area contributed by atoms with Gasteiger partial charge >= 0.3 is 0 Å². The Morgan fingerprint density at radius 3 is 2.32 bits per heavy atom. The molecule has 0 aliphatic heterocycles. The minimum atomic E-state index is -4.03. The number of aliphatic hydroxyl groups is 1. The quantitative estimate of drug-likeness (QED) is 0.566. The fourth-order valence-electron chi connectivity index (χ4n) is 3.35. The number of pyridine rings is 1. The fourth-order valence-corrected chi connectivity index (χ4v) is 4.28. The molecule has 0 bridgehead atoms. The number of sulfone groups is 1. The van der Waals surface area contributed by atoms with Gasteiger partial charge in [0.25, 0.3) is 5.56 Å². The van der Waals surface area contributed by atoms with Crippen LogP contribution in [-0.4, -0.2) is 48.2 Å². The molecule has 3 aromatic rings. The summed E-state index contributed by atoms with van der Waals surface area (Å²) in [6.07, 6.45) is 0.578. The molecule has 1 heterocycles. The molecule has 1 aromatic heterocycles. The second kappa shape index (κ2) is 8.16. The number of carbonyl (C=O) groups excluding carboxylic acids is 1. The molecule has 0 aliphatic rings. The predicted octanol–water partition coefficient (Wildman–Crippen LogP) is 1.33. The molecule has 0 spiro atoms. The van der Waals surface area contributed by atoms with E-state index in [1.54, 1.807) is 25.3 Å². The largest absolute Gasteiger partial charge is 0.497 e. The Bertz CT molecular complexity index is 1300. The van der Waals surface area contributed by atoms with Crippen LogP contribution < -0.4 is 16.0 Å². The Balaban J connectivity index is 1.98. The number of amides is 1. The smallest absolute Gasteiger partial charge is 0.258 e. The zero-order valence-corrected chi connectivity index (χ0v) is 18.2. The normalized spacial score (nSPS) is 14.7. The maximum atomic E-state index is 12.9. The summed E-state index contributed by atoms with van der Waals surface area (Å²) in [7, 11) is -2.44. The van der Waals surface area contributed by atoms with Crippen molar-refractivity contribution < 1.29 is 23.1 Å². The highest BCUT2D eigenvalue weighted by Crippen LogP contribution is 2.26. The van der Waals surface area contributed by atoms with Crippen molar-refractivity contribution in [3.05, 3.63) is 65.1 Å². The van der Waals surface area contributed by atoms with E-state index in [4.69, 9.17) is 10.5 Å². The van der Waals surface area contributed by atoms with Gasteiger partial charge in [0.05, 0.1) is 13.7 Å². The number of rotatable bonds is 7. The summed E-state index contributed by atoms with van der Waals surface area (Å²) in [6.45, 7) is 0.657. The Labute approximate surface area is 179 Å². The van der Waals surface area contributed by atoms with Gasteiger partial charge in [-0.25, -0.2) is 8.42 Å². The van der Waals surface area contributed by atoms with Crippen LogP contribution >= 0.6 is 0 Å². The SMILES string of the molecule is COc1ccc(-c2ccc3c(=O)n(CC(O)C(C)(C(N)=O)S(C)(=O)=O)ccc3c2)cc1. The van der Waals surface area contributed by atoms with E-state index in [9.17, 15) is 23.1 Å². The van der Waals surface area contributed by atoms with Crippen LogP contribution in [0, 0.1) is 0 Å². The van der Waals surface area contributed by atoms with Crippen molar-refractivity contribution in [2.24, 2.45) is 5.73 Å². The number of benzene rings is 2. The maximum Gasteiger partial charge on any atom is 0.258 e. The molecular weight excluding hydrogens is 420 g/mol. The first kappa shape index (κ1) is 22.5. The van der Waals surface area contributed by atoms with E-state index in [1.807, 2.05) is 30.3 Å². The third-order valence-electron chi connectivity index (χ3n) is 5.67. The first-order valence-electron chi connectivity index (χ1n) is 9.44. The first-order chi connectivity index (χ1) is 14.5. The average molecular weight is 445 g/mol. The van der Waals surface area contributed by atoms with E-state index in [0.29, 0.717) is 10.8 Å². The van der Waals surface area contributed by atoms with E-state index in [2.05, 4.69) is 0 Å². The number of methoxy groups -OCH3 is 1. The topological polar surface area (TPSA) is 129 Å².